The molecular weight excluding hydrogens is 326 g/mol. The number of benzene rings is 2. The zero-order valence-corrected chi connectivity index (χ0v) is 15.3. The van der Waals surface area contributed by atoms with Crippen LogP contribution in [0.3, 0.4) is 0 Å². The van der Waals surface area contributed by atoms with Gasteiger partial charge in [0.05, 0.1) is 12.0 Å². The first kappa shape index (κ1) is 18.3. The van der Waals surface area contributed by atoms with Gasteiger partial charge in [0.25, 0.3) is 0 Å². The molecule has 0 N–H and O–H groups in total. The van der Waals surface area contributed by atoms with Gasteiger partial charge in [-0.15, -0.1) is 0 Å². The Kier molecular flexibility index (Phi) is 5.85. The summed E-state index contributed by atoms with van der Waals surface area (Å²) in [7, 11) is -0.449. The molecule has 5 nitrogen and oxygen atoms in total. The lowest BCUT2D eigenvalue weighted by Crippen LogP contribution is -2.31. The van der Waals surface area contributed by atoms with Crippen molar-refractivity contribution in [3.63, 3.8) is 0 Å². The predicted octanol–water partition coefficient (Wildman–Crippen LogP) is 3.01. The second-order valence-corrected chi connectivity index (χ2v) is 7.72. The summed E-state index contributed by atoms with van der Waals surface area (Å²) in [5, 5.41) is 0. The Morgan fingerprint density at radius 1 is 0.958 bits per heavy atom. The van der Waals surface area contributed by atoms with Gasteiger partial charge in [-0.05, 0) is 61.4 Å². The van der Waals surface area contributed by atoms with Crippen molar-refractivity contribution in [2.75, 3.05) is 27.3 Å². The summed E-state index contributed by atoms with van der Waals surface area (Å²) in [5.41, 5.74) is 2.23. The van der Waals surface area contributed by atoms with Gasteiger partial charge in [-0.25, -0.2) is 8.42 Å². The number of sulfonamides is 1. The average Bonchev–Trinajstić information content (AvgIpc) is 2.54. The molecule has 0 radical (unpaired) electrons. The summed E-state index contributed by atoms with van der Waals surface area (Å²) >= 11 is 0. The van der Waals surface area contributed by atoms with E-state index in [1.165, 1.54) is 16.4 Å². The number of methoxy groups -OCH3 is 1. The molecule has 0 aromatic heterocycles. The lowest BCUT2D eigenvalue weighted by molar-refractivity contribution is 0.286. The Balaban J connectivity index is 1.98. The summed E-state index contributed by atoms with van der Waals surface area (Å²) in [6.07, 6.45) is 0. The second-order valence-electron chi connectivity index (χ2n) is 5.67. The molecule has 0 aliphatic heterocycles. The SMILES string of the molecule is COc1ccc(S(=O)(=O)N(C)CCOc2cc(C)cc(C)c2)cc1. The van der Waals surface area contributed by atoms with Crippen molar-refractivity contribution in [3.8, 4) is 11.5 Å². The zero-order chi connectivity index (χ0) is 17.7. The molecule has 0 atom stereocenters. The Bertz CT molecular complexity index is 765. The van der Waals surface area contributed by atoms with E-state index >= 15 is 0 Å². The van der Waals surface area contributed by atoms with Gasteiger partial charge in [0, 0.05) is 13.6 Å². The standard InChI is InChI=1S/C18H23NO4S/c1-14-11-15(2)13-17(12-14)23-10-9-19(3)24(20,21)18-7-5-16(22-4)6-8-18/h5-8,11-13H,9-10H2,1-4H3. The third-order valence-corrected chi connectivity index (χ3v) is 5.51. The van der Waals surface area contributed by atoms with E-state index < -0.39 is 10.0 Å². The van der Waals surface area contributed by atoms with Crippen LogP contribution in [0.15, 0.2) is 47.4 Å². The van der Waals surface area contributed by atoms with Crippen LogP contribution in [0.5, 0.6) is 11.5 Å². The third kappa shape index (κ3) is 4.49. The molecule has 0 saturated heterocycles. The Morgan fingerprint density at radius 3 is 2.08 bits per heavy atom. The first-order chi connectivity index (χ1) is 11.3. The fourth-order valence-electron chi connectivity index (χ4n) is 2.36. The van der Waals surface area contributed by atoms with Crippen molar-refractivity contribution in [1.29, 1.82) is 0 Å². The van der Waals surface area contributed by atoms with Gasteiger partial charge in [-0.3, -0.25) is 0 Å². The molecular formula is C18H23NO4S. The van der Waals surface area contributed by atoms with Crippen LogP contribution in [0.2, 0.25) is 0 Å². The topological polar surface area (TPSA) is 55.8 Å². The van der Waals surface area contributed by atoms with Crippen molar-refractivity contribution in [1.82, 2.24) is 4.31 Å². The molecule has 0 fully saturated rings. The lowest BCUT2D eigenvalue weighted by Gasteiger charge is -2.18. The van der Waals surface area contributed by atoms with Crippen molar-refractivity contribution in [2.24, 2.45) is 0 Å². The molecule has 2 rings (SSSR count). The van der Waals surface area contributed by atoms with Crippen LogP contribution < -0.4 is 9.47 Å². The quantitative estimate of drug-likeness (QED) is 0.771. The van der Waals surface area contributed by atoms with E-state index in [4.69, 9.17) is 9.47 Å². The minimum atomic E-state index is -3.54. The summed E-state index contributed by atoms with van der Waals surface area (Å²) in [4.78, 5) is 0.234. The van der Waals surface area contributed by atoms with E-state index in [1.807, 2.05) is 26.0 Å². The highest BCUT2D eigenvalue weighted by Gasteiger charge is 2.20. The average molecular weight is 349 g/mol. The van der Waals surface area contributed by atoms with Crippen molar-refractivity contribution >= 4 is 10.0 Å². The van der Waals surface area contributed by atoms with Gasteiger partial charge in [0.2, 0.25) is 10.0 Å². The van der Waals surface area contributed by atoms with Gasteiger partial charge < -0.3 is 9.47 Å². The van der Waals surface area contributed by atoms with Gasteiger partial charge in [-0.2, -0.15) is 4.31 Å². The van der Waals surface area contributed by atoms with E-state index in [0.717, 1.165) is 16.9 Å². The Labute approximate surface area is 143 Å². The summed E-state index contributed by atoms with van der Waals surface area (Å²) < 4.78 is 37.0. The number of rotatable bonds is 7. The molecule has 24 heavy (non-hydrogen) atoms. The van der Waals surface area contributed by atoms with E-state index in [9.17, 15) is 8.42 Å². The molecule has 2 aromatic carbocycles. The van der Waals surface area contributed by atoms with Crippen LogP contribution in [0.1, 0.15) is 11.1 Å². The number of likely N-dealkylation sites (N-methyl/N-ethyl adjacent to an activating group) is 1. The van der Waals surface area contributed by atoms with Crippen LogP contribution in [0.25, 0.3) is 0 Å². The monoisotopic (exact) mass is 349 g/mol. The normalized spacial score (nSPS) is 11.5. The molecule has 0 bridgehead atoms. The number of nitrogens with zero attached hydrogens (tertiary/aromatic N) is 1. The summed E-state index contributed by atoms with van der Waals surface area (Å²) in [6.45, 7) is 4.55. The van der Waals surface area contributed by atoms with Crippen molar-refractivity contribution in [2.45, 2.75) is 18.7 Å². The number of aryl methyl sites for hydroxylation is 2. The molecule has 0 aliphatic carbocycles. The largest absolute Gasteiger partial charge is 0.497 e. The molecule has 0 aliphatic rings. The van der Waals surface area contributed by atoms with Crippen molar-refractivity contribution in [3.05, 3.63) is 53.6 Å². The van der Waals surface area contributed by atoms with Crippen molar-refractivity contribution < 1.29 is 17.9 Å². The zero-order valence-electron chi connectivity index (χ0n) is 14.4. The Morgan fingerprint density at radius 2 is 1.54 bits per heavy atom. The molecule has 0 amide bonds. The minimum Gasteiger partial charge on any atom is -0.497 e. The van der Waals surface area contributed by atoms with Gasteiger partial charge in [0.15, 0.2) is 0 Å². The van der Waals surface area contributed by atoms with Crippen LogP contribution in [-0.2, 0) is 10.0 Å². The first-order valence-electron chi connectivity index (χ1n) is 7.64. The second kappa shape index (κ2) is 7.68. The number of hydrogen-bond acceptors (Lipinski definition) is 4. The van der Waals surface area contributed by atoms with E-state index in [0.29, 0.717) is 5.75 Å². The third-order valence-electron chi connectivity index (χ3n) is 3.64. The van der Waals surface area contributed by atoms with E-state index in [2.05, 4.69) is 6.07 Å². The Hall–Kier alpha value is -2.05. The highest BCUT2D eigenvalue weighted by molar-refractivity contribution is 7.89. The smallest absolute Gasteiger partial charge is 0.242 e. The molecule has 0 spiro atoms. The highest BCUT2D eigenvalue weighted by Crippen LogP contribution is 2.19. The van der Waals surface area contributed by atoms with Crippen LogP contribution in [-0.4, -0.2) is 40.0 Å². The maximum Gasteiger partial charge on any atom is 0.242 e. The molecule has 130 valence electrons. The van der Waals surface area contributed by atoms with Crippen LogP contribution >= 0.6 is 0 Å². The molecule has 0 unspecified atom stereocenters. The molecule has 0 heterocycles. The first-order valence-corrected chi connectivity index (χ1v) is 9.08. The number of ether oxygens (including phenoxy) is 2. The molecule has 0 saturated carbocycles. The maximum atomic E-state index is 12.5. The van der Waals surface area contributed by atoms with Gasteiger partial charge >= 0.3 is 0 Å². The fraction of sp³-hybridized carbons (Fsp3) is 0.333. The van der Waals surface area contributed by atoms with Gasteiger partial charge in [0.1, 0.15) is 18.1 Å². The fourth-order valence-corrected chi connectivity index (χ4v) is 3.51. The highest BCUT2D eigenvalue weighted by atomic mass is 32.2. The lowest BCUT2D eigenvalue weighted by atomic mass is 10.1. The van der Waals surface area contributed by atoms with E-state index in [-0.39, 0.29) is 18.0 Å². The van der Waals surface area contributed by atoms with Gasteiger partial charge in [-0.1, -0.05) is 6.07 Å². The molecule has 2 aromatic rings. The van der Waals surface area contributed by atoms with Crippen LogP contribution in [0.4, 0.5) is 0 Å². The maximum absolute atomic E-state index is 12.5. The molecule has 6 heteroatoms. The summed E-state index contributed by atoms with van der Waals surface area (Å²) in [6, 6.07) is 12.3. The minimum absolute atomic E-state index is 0.234. The van der Waals surface area contributed by atoms with E-state index in [1.54, 1.807) is 26.3 Å². The van der Waals surface area contributed by atoms with Crippen LogP contribution in [0, 0.1) is 13.8 Å². The summed E-state index contributed by atoms with van der Waals surface area (Å²) in [5.74, 6) is 1.37. The predicted molar refractivity (Wildman–Crippen MR) is 94.2 cm³/mol. The number of hydrogen-bond donors (Lipinski definition) is 0.